The Morgan fingerprint density at radius 3 is 2.86 bits per heavy atom. The predicted molar refractivity (Wildman–Crippen MR) is 82.5 cm³/mol. The highest BCUT2D eigenvalue weighted by atomic mass is 19.1. The molecule has 2 rings (SSSR count). The van der Waals surface area contributed by atoms with Crippen LogP contribution in [0.3, 0.4) is 0 Å². The number of nitrogens with zero attached hydrogens (tertiary/aromatic N) is 2. The molecule has 1 aromatic heterocycles. The number of hydrogen-bond acceptors (Lipinski definition) is 4. The Balaban J connectivity index is 2.48. The van der Waals surface area contributed by atoms with E-state index in [1.54, 1.807) is 32.1 Å². The molecule has 1 aliphatic rings. The highest BCUT2D eigenvalue weighted by Gasteiger charge is 2.15. The number of Topliss-reactive ketones (excluding diaryl/α,β-unsaturated/α-hetero) is 1. The van der Waals surface area contributed by atoms with Crippen LogP contribution < -0.4 is 15.9 Å². The van der Waals surface area contributed by atoms with Crippen molar-refractivity contribution in [1.29, 1.82) is 5.26 Å². The number of H-pyrrole nitrogens is 1. The van der Waals surface area contributed by atoms with Gasteiger partial charge in [-0.25, -0.2) is 4.39 Å². The maximum absolute atomic E-state index is 14.0. The number of allylic oxidation sites excluding steroid dienone is 3. The largest absolute Gasteiger partial charge is 0.389 e. The molecule has 6 heteroatoms. The lowest BCUT2D eigenvalue weighted by Gasteiger charge is -2.05. The third kappa shape index (κ3) is 3.09. The summed E-state index contributed by atoms with van der Waals surface area (Å²) in [6, 6.07) is 3.45. The van der Waals surface area contributed by atoms with Gasteiger partial charge in [-0.15, -0.1) is 0 Å². The predicted octanol–water partition coefficient (Wildman–Crippen LogP) is 0.532. The minimum Gasteiger partial charge on any atom is -0.389 e. The van der Waals surface area contributed by atoms with E-state index in [1.165, 1.54) is 12.3 Å². The Morgan fingerprint density at radius 1 is 1.55 bits per heavy atom. The number of fused-ring (bicyclic) bond motifs is 1. The highest BCUT2D eigenvalue weighted by Crippen LogP contribution is 2.11. The van der Waals surface area contributed by atoms with Crippen molar-refractivity contribution in [2.75, 3.05) is 21.1 Å². The normalized spacial score (nSPS) is 14.2. The summed E-state index contributed by atoms with van der Waals surface area (Å²) in [5, 5.41) is 13.2. The molecule has 0 unspecified atom stereocenters. The van der Waals surface area contributed by atoms with Crippen molar-refractivity contribution >= 4 is 17.9 Å². The quantitative estimate of drug-likeness (QED) is 0.483. The van der Waals surface area contributed by atoms with Crippen molar-refractivity contribution in [3.8, 4) is 6.07 Å². The monoisotopic (exact) mass is 300 g/mol. The molecule has 0 bridgehead atoms. The lowest BCUT2D eigenvalue weighted by molar-refractivity contribution is 0.103. The minimum absolute atomic E-state index is 0.0216. The molecule has 0 spiro atoms. The Kier molecular flexibility index (Phi) is 4.47. The molecule has 1 heterocycles. The summed E-state index contributed by atoms with van der Waals surface area (Å²) in [6.45, 7) is 0. The number of aromatic nitrogens is 1. The van der Waals surface area contributed by atoms with Crippen molar-refractivity contribution < 1.29 is 9.18 Å². The molecule has 0 aromatic carbocycles. The first-order valence-corrected chi connectivity index (χ1v) is 6.76. The molecular weight excluding hydrogens is 283 g/mol. The molecule has 0 saturated carbocycles. The van der Waals surface area contributed by atoms with Gasteiger partial charge in [-0.3, -0.25) is 4.79 Å². The fourth-order valence-corrected chi connectivity index (χ4v) is 2.19. The van der Waals surface area contributed by atoms with Gasteiger partial charge in [0.25, 0.3) is 0 Å². The zero-order valence-electron chi connectivity index (χ0n) is 12.7. The van der Waals surface area contributed by atoms with Crippen LogP contribution in [0.4, 0.5) is 4.39 Å². The SMILES string of the molecule is CNC1=C(F)C=c2cc(C(=O)/C(C#N)=C/N(C)C)[nH]c2=CC1. The molecule has 114 valence electrons. The maximum atomic E-state index is 14.0. The number of ketones is 1. The van der Waals surface area contributed by atoms with Crippen LogP contribution in [0.25, 0.3) is 12.2 Å². The van der Waals surface area contributed by atoms with Crippen LogP contribution in [0.2, 0.25) is 0 Å². The van der Waals surface area contributed by atoms with Gasteiger partial charge >= 0.3 is 0 Å². The number of aromatic amines is 1. The van der Waals surface area contributed by atoms with Gasteiger partial charge in [0.15, 0.2) is 0 Å². The molecule has 0 saturated heterocycles. The van der Waals surface area contributed by atoms with E-state index in [-0.39, 0.29) is 17.1 Å². The molecule has 0 atom stereocenters. The third-order valence-electron chi connectivity index (χ3n) is 3.26. The van der Waals surface area contributed by atoms with Crippen LogP contribution in [0.5, 0.6) is 0 Å². The fourth-order valence-electron chi connectivity index (χ4n) is 2.19. The first-order valence-electron chi connectivity index (χ1n) is 6.76. The van der Waals surface area contributed by atoms with E-state index in [9.17, 15) is 9.18 Å². The number of carbonyl (C=O) groups is 1. The number of nitrogens with one attached hydrogen (secondary N) is 2. The number of rotatable bonds is 4. The summed E-state index contributed by atoms with van der Waals surface area (Å²) in [4.78, 5) is 16.9. The van der Waals surface area contributed by atoms with Gasteiger partial charge in [0, 0.05) is 44.3 Å². The van der Waals surface area contributed by atoms with E-state index in [0.717, 1.165) is 0 Å². The molecule has 2 N–H and O–H groups in total. The van der Waals surface area contributed by atoms with E-state index in [2.05, 4.69) is 10.3 Å². The van der Waals surface area contributed by atoms with Crippen LogP contribution in [-0.2, 0) is 0 Å². The topological polar surface area (TPSA) is 71.9 Å². The maximum Gasteiger partial charge on any atom is 0.221 e. The van der Waals surface area contributed by atoms with Crippen LogP contribution in [0.15, 0.2) is 29.4 Å². The average Bonchev–Trinajstić information content (AvgIpc) is 2.81. The van der Waals surface area contributed by atoms with Gasteiger partial charge < -0.3 is 15.2 Å². The van der Waals surface area contributed by atoms with Crippen LogP contribution in [0, 0.1) is 11.3 Å². The molecule has 5 nitrogen and oxygen atoms in total. The van der Waals surface area contributed by atoms with E-state index in [0.29, 0.717) is 22.7 Å². The Labute approximate surface area is 127 Å². The second-order valence-electron chi connectivity index (χ2n) is 5.13. The Morgan fingerprint density at radius 2 is 2.27 bits per heavy atom. The summed E-state index contributed by atoms with van der Waals surface area (Å²) < 4.78 is 14.0. The molecule has 1 aromatic rings. The van der Waals surface area contributed by atoms with Crippen molar-refractivity contribution in [2.45, 2.75) is 6.42 Å². The van der Waals surface area contributed by atoms with E-state index < -0.39 is 5.78 Å². The van der Waals surface area contributed by atoms with Crippen molar-refractivity contribution in [1.82, 2.24) is 15.2 Å². The number of nitriles is 1. The van der Waals surface area contributed by atoms with Gasteiger partial charge in [0.1, 0.15) is 17.5 Å². The van der Waals surface area contributed by atoms with Gasteiger partial charge in [0.2, 0.25) is 5.78 Å². The number of halogens is 1. The number of carbonyl (C=O) groups excluding carboxylic acids is 1. The summed E-state index contributed by atoms with van der Waals surface area (Å²) >= 11 is 0. The van der Waals surface area contributed by atoms with Crippen LogP contribution in [-0.4, -0.2) is 36.8 Å². The van der Waals surface area contributed by atoms with Crippen molar-refractivity contribution in [3.63, 3.8) is 0 Å². The molecule has 0 amide bonds. The Hall–Kier alpha value is -2.81. The number of hydrogen-bond donors (Lipinski definition) is 2. The lowest BCUT2D eigenvalue weighted by Crippen LogP contribution is -2.21. The minimum atomic E-state index is -0.413. The zero-order valence-corrected chi connectivity index (χ0v) is 12.7. The summed E-state index contributed by atoms with van der Waals surface area (Å²) in [7, 11) is 5.13. The first-order chi connectivity index (χ1) is 10.5. The molecule has 0 aliphatic heterocycles. The summed E-state index contributed by atoms with van der Waals surface area (Å²) in [5.41, 5.74) is 0.781. The van der Waals surface area contributed by atoms with E-state index in [4.69, 9.17) is 5.26 Å². The second kappa shape index (κ2) is 6.31. The highest BCUT2D eigenvalue weighted by molar-refractivity contribution is 6.10. The second-order valence-corrected chi connectivity index (χ2v) is 5.13. The third-order valence-corrected chi connectivity index (χ3v) is 3.26. The van der Waals surface area contributed by atoms with Crippen LogP contribution >= 0.6 is 0 Å². The molecular formula is C16H17FN4O. The fraction of sp³-hybridized carbons (Fsp3) is 0.250. The van der Waals surface area contributed by atoms with Gasteiger partial charge in [-0.2, -0.15) is 5.26 Å². The van der Waals surface area contributed by atoms with Crippen LogP contribution in [0.1, 0.15) is 16.9 Å². The average molecular weight is 300 g/mol. The molecule has 0 radical (unpaired) electrons. The van der Waals surface area contributed by atoms with Gasteiger partial charge in [0.05, 0.1) is 11.4 Å². The summed E-state index contributed by atoms with van der Waals surface area (Å²) in [6.07, 6.45) is 5.04. The summed E-state index contributed by atoms with van der Waals surface area (Å²) in [5.74, 6) is -0.774. The van der Waals surface area contributed by atoms with Gasteiger partial charge in [-0.1, -0.05) is 6.08 Å². The molecule has 0 fully saturated rings. The zero-order chi connectivity index (χ0) is 16.3. The molecule has 22 heavy (non-hydrogen) atoms. The first kappa shape index (κ1) is 15.6. The van der Waals surface area contributed by atoms with E-state index >= 15 is 0 Å². The lowest BCUT2D eigenvalue weighted by atomic mass is 10.1. The Bertz CT molecular complexity index is 821. The van der Waals surface area contributed by atoms with Crippen molar-refractivity contribution in [3.05, 3.63) is 45.6 Å². The van der Waals surface area contributed by atoms with Gasteiger partial charge in [-0.05, 0) is 12.1 Å². The molecule has 1 aliphatic carbocycles. The van der Waals surface area contributed by atoms with E-state index in [1.807, 2.05) is 12.1 Å². The van der Waals surface area contributed by atoms with Crippen molar-refractivity contribution in [2.24, 2.45) is 0 Å². The standard InChI is InChI=1S/C16H17FN4O/c1-19-14-5-4-13-10(6-12(14)17)7-15(20-13)16(22)11(8-18)9-21(2)3/h4,6-7,9,19-20H,5H2,1-3H3/b11-9+. The smallest absolute Gasteiger partial charge is 0.221 e.